The van der Waals surface area contributed by atoms with Crippen molar-refractivity contribution in [3.63, 3.8) is 0 Å². The Labute approximate surface area is 120 Å². The maximum absolute atomic E-state index is 13.3. The van der Waals surface area contributed by atoms with Gasteiger partial charge in [0.15, 0.2) is 11.6 Å². The first-order valence-electron chi connectivity index (χ1n) is 7.02. The zero-order valence-corrected chi connectivity index (χ0v) is 11.7. The summed E-state index contributed by atoms with van der Waals surface area (Å²) in [5.74, 6) is -3.10. The van der Waals surface area contributed by atoms with E-state index >= 15 is 0 Å². The fraction of sp³-hybridized carbons (Fsp3) is 0.600. The predicted octanol–water partition coefficient (Wildman–Crippen LogP) is 4.59. The molecular formula is C15H18F5N. The Hall–Kier alpha value is -1.17. The molecular weight excluding hydrogens is 289 g/mol. The van der Waals surface area contributed by atoms with E-state index in [0.29, 0.717) is 18.4 Å². The van der Waals surface area contributed by atoms with Gasteiger partial charge in [0, 0.05) is 6.04 Å². The molecule has 0 spiro atoms. The molecule has 2 rings (SSSR count). The second-order valence-corrected chi connectivity index (χ2v) is 5.59. The highest BCUT2D eigenvalue weighted by atomic mass is 19.4. The third-order valence-electron chi connectivity index (χ3n) is 4.32. The van der Waals surface area contributed by atoms with E-state index in [2.05, 4.69) is 5.32 Å². The van der Waals surface area contributed by atoms with Gasteiger partial charge in [0.1, 0.15) is 0 Å². The highest BCUT2D eigenvalue weighted by molar-refractivity contribution is 5.22. The van der Waals surface area contributed by atoms with Crippen molar-refractivity contribution >= 4 is 0 Å². The number of hydrogen-bond acceptors (Lipinski definition) is 1. The molecule has 0 aliphatic heterocycles. The minimum absolute atomic E-state index is 0.00142. The van der Waals surface area contributed by atoms with Crippen LogP contribution >= 0.6 is 0 Å². The highest BCUT2D eigenvalue weighted by Crippen LogP contribution is 2.43. The number of alkyl halides is 3. The van der Waals surface area contributed by atoms with Gasteiger partial charge in [-0.15, -0.1) is 0 Å². The molecule has 1 nitrogen and oxygen atoms in total. The number of hydrogen-bond donors (Lipinski definition) is 1. The normalized spacial score (nSPS) is 24.9. The van der Waals surface area contributed by atoms with Crippen molar-refractivity contribution in [2.24, 2.45) is 11.8 Å². The van der Waals surface area contributed by atoms with E-state index < -0.39 is 23.7 Å². The minimum Gasteiger partial charge on any atom is -0.313 e. The molecule has 118 valence electrons. The Bertz CT molecular complexity index is 477. The van der Waals surface area contributed by atoms with Gasteiger partial charge < -0.3 is 5.32 Å². The van der Waals surface area contributed by atoms with E-state index in [-0.39, 0.29) is 24.8 Å². The summed E-state index contributed by atoms with van der Waals surface area (Å²) < 4.78 is 64.3. The number of nitrogens with one attached hydrogen (secondary N) is 1. The standard InChI is InChI=1S/C15H18F5N/c1-21-14(10-4-7-12(16)13(17)8-10)9-2-5-11(6-3-9)15(18,19)20/h4,7-9,11,14,21H,2-3,5-6H2,1H3. The molecule has 0 saturated heterocycles. The van der Waals surface area contributed by atoms with E-state index in [1.807, 2.05) is 0 Å². The van der Waals surface area contributed by atoms with Crippen LogP contribution in [0.15, 0.2) is 18.2 Å². The van der Waals surface area contributed by atoms with Crippen LogP contribution in [0, 0.1) is 23.5 Å². The van der Waals surface area contributed by atoms with Crippen molar-refractivity contribution < 1.29 is 22.0 Å². The average molecular weight is 307 g/mol. The Morgan fingerprint density at radius 2 is 1.67 bits per heavy atom. The van der Waals surface area contributed by atoms with Gasteiger partial charge in [-0.05, 0) is 56.3 Å². The van der Waals surface area contributed by atoms with Crippen LogP contribution in [-0.2, 0) is 0 Å². The molecule has 6 heteroatoms. The molecule has 0 bridgehead atoms. The van der Waals surface area contributed by atoms with E-state index in [1.54, 1.807) is 7.05 Å². The predicted molar refractivity (Wildman–Crippen MR) is 69.7 cm³/mol. The van der Waals surface area contributed by atoms with Crippen LogP contribution in [0.2, 0.25) is 0 Å². The summed E-state index contributed by atoms with van der Waals surface area (Å²) in [4.78, 5) is 0. The number of rotatable bonds is 3. The van der Waals surface area contributed by atoms with Gasteiger partial charge in [0.2, 0.25) is 0 Å². The molecule has 1 aliphatic carbocycles. The first-order chi connectivity index (χ1) is 9.82. The number of benzene rings is 1. The van der Waals surface area contributed by atoms with Gasteiger partial charge in [0.05, 0.1) is 5.92 Å². The van der Waals surface area contributed by atoms with Crippen molar-refractivity contribution in [3.05, 3.63) is 35.4 Å². The highest BCUT2D eigenvalue weighted by Gasteiger charge is 2.42. The SMILES string of the molecule is CNC(c1ccc(F)c(F)c1)C1CCC(C(F)(F)F)CC1. The Morgan fingerprint density at radius 1 is 1.05 bits per heavy atom. The lowest BCUT2D eigenvalue weighted by molar-refractivity contribution is -0.184. The molecule has 1 aromatic rings. The van der Waals surface area contributed by atoms with Crippen molar-refractivity contribution in [1.29, 1.82) is 0 Å². The second-order valence-electron chi connectivity index (χ2n) is 5.59. The lowest BCUT2D eigenvalue weighted by atomic mass is 9.76. The van der Waals surface area contributed by atoms with E-state index in [9.17, 15) is 22.0 Å². The van der Waals surface area contributed by atoms with E-state index in [4.69, 9.17) is 0 Å². The summed E-state index contributed by atoms with van der Waals surface area (Å²) in [7, 11) is 1.68. The Kier molecular flexibility index (Phi) is 4.86. The summed E-state index contributed by atoms with van der Waals surface area (Å²) >= 11 is 0. The van der Waals surface area contributed by atoms with Gasteiger partial charge >= 0.3 is 6.18 Å². The molecule has 1 aliphatic rings. The average Bonchev–Trinajstić information content (AvgIpc) is 2.43. The first-order valence-corrected chi connectivity index (χ1v) is 7.02. The van der Waals surface area contributed by atoms with Crippen LogP contribution in [0.5, 0.6) is 0 Å². The smallest absolute Gasteiger partial charge is 0.313 e. The fourth-order valence-corrected chi connectivity index (χ4v) is 3.16. The second kappa shape index (κ2) is 6.30. The van der Waals surface area contributed by atoms with Gasteiger partial charge in [-0.3, -0.25) is 0 Å². The van der Waals surface area contributed by atoms with Crippen LogP contribution in [0.3, 0.4) is 0 Å². The van der Waals surface area contributed by atoms with Crippen LogP contribution in [0.25, 0.3) is 0 Å². The molecule has 0 radical (unpaired) electrons. The molecule has 0 amide bonds. The van der Waals surface area contributed by atoms with Crippen LogP contribution in [0.4, 0.5) is 22.0 Å². The van der Waals surface area contributed by atoms with E-state index in [1.165, 1.54) is 6.07 Å². The maximum atomic E-state index is 13.3. The number of halogens is 5. The summed E-state index contributed by atoms with van der Waals surface area (Å²) in [5, 5.41) is 3.02. The summed E-state index contributed by atoms with van der Waals surface area (Å²) in [5.41, 5.74) is 0.576. The largest absolute Gasteiger partial charge is 0.391 e. The van der Waals surface area contributed by atoms with Gasteiger partial charge in [-0.1, -0.05) is 6.07 Å². The first kappa shape index (κ1) is 16.2. The van der Waals surface area contributed by atoms with Crippen molar-refractivity contribution in [3.8, 4) is 0 Å². The maximum Gasteiger partial charge on any atom is 0.391 e. The molecule has 1 unspecified atom stereocenters. The van der Waals surface area contributed by atoms with Crippen LogP contribution < -0.4 is 5.32 Å². The van der Waals surface area contributed by atoms with Crippen molar-refractivity contribution in [1.82, 2.24) is 5.32 Å². The zero-order chi connectivity index (χ0) is 15.6. The lowest BCUT2D eigenvalue weighted by Crippen LogP contribution is -2.33. The van der Waals surface area contributed by atoms with Gasteiger partial charge in [-0.2, -0.15) is 13.2 Å². The van der Waals surface area contributed by atoms with E-state index in [0.717, 1.165) is 12.1 Å². The van der Waals surface area contributed by atoms with Gasteiger partial charge in [0.25, 0.3) is 0 Å². The molecule has 1 fully saturated rings. The van der Waals surface area contributed by atoms with Gasteiger partial charge in [-0.25, -0.2) is 8.78 Å². The zero-order valence-electron chi connectivity index (χ0n) is 11.7. The molecule has 0 aromatic heterocycles. The van der Waals surface area contributed by atoms with Crippen LogP contribution in [-0.4, -0.2) is 13.2 Å². The fourth-order valence-electron chi connectivity index (χ4n) is 3.16. The molecule has 1 N–H and O–H groups in total. The third kappa shape index (κ3) is 3.73. The molecule has 1 aromatic carbocycles. The monoisotopic (exact) mass is 307 g/mol. The summed E-state index contributed by atoms with van der Waals surface area (Å²) in [6, 6.07) is 3.40. The summed E-state index contributed by atoms with van der Waals surface area (Å²) in [6.45, 7) is 0. The molecule has 1 atom stereocenters. The van der Waals surface area contributed by atoms with Crippen LogP contribution in [0.1, 0.15) is 37.3 Å². The topological polar surface area (TPSA) is 12.0 Å². The Balaban J connectivity index is 2.07. The molecule has 1 saturated carbocycles. The van der Waals surface area contributed by atoms with Crippen molar-refractivity contribution in [2.45, 2.75) is 37.9 Å². The Morgan fingerprint density at radius 3 is 2.14 bits per heavy atom. The lowest BCUT2D eigenvalue weighted by Gasteiger charge is -2.34. The molecule has 21 heavy (non-hydrogen) atoms. The quantitative estimate of drug-likeness (QED) is 0.805. The van der Waals surface area contributed by atoms with Crippen molar-refractivity contribution in [2.75, 3.05) is 7.05 Å². The summed E-state index contributed by atoms with van der Waals surface area (Å²) in [6.07, 6.45) is -3.10. The third-order valence-corrected chi connectivity index (χ3v) is 4.32. The molecule has 0 heterocycles. The minimum atomic E-state index is -4.14.